The Hall–Kier alpha value is -3.74. The van der Waals surface area contributed by atoms with Crippen molar-refractivity contribution < 1.29 is 14.4 Å². The molecule has 33 heavy (non-hydrogen) atoms. The molecule has 0 bridgehead atoms. The van der Waals surface area contributed by atoms with Crippen LogP contribution in [0, 0.1) is 6.92 Å². The maximum absolute atomic E-state index is 13.0. The zero-order valence-electron chi connectivity index (χ0n) is 18.6. The average Bonchev–Trinajstić information content (AvgIpc) is 3.35. The van der Waals surface area contributed by atoms with Gasteiger partial charge in [0.05, 0.1) is 11.1 Å². The predicted molar refractivity (Wildman–Crippen MR) is 124 cm³/mol. The van der Waals surface area contributed by atoms with Gasteiger partial charge in [-0.15, -0.1) is 0 Å². The molecule has 0 spiro atoms. The summed E-state index contributed by atoms with van der Waals surface area (Å²) in [5.74, 6) is 0.111. The fraction of sp³-hybridized carbons (Fsp3) is 0.308. The van der Waals surface area contributed by atoms with Gasteiger partial charge in [0, 0.05) is 36.2 Å². The molecule has 1 aliphatic carbocycles. The van der Waals surface area contributed by atoms with Crippen molar-refractivity contribution in [3.05, 3.63) is 82.9 Å². The minimum Gasteiger partial charge on any atom is -0.331 e. The van der Waals surface area contributed by atoms with Crippen molar-refractivity contribution in [3.63, 3.8) is 0 Å². The highest BCUT2D eigenvalue weighted by Gasteiger charge is 2.40. The molecule has 0 unspecified atom stereocenters. The molecule has 2 heterocycles. The Morgan fingerprint density at radius 2 is 1.73 bits per heavy atom. The number of hydrogen-bond acceptors (Lipinski definition) is 4. The summed E-state index contributed by atoms with van der Waals surface area (Å²) < 4.78 is 2.05. The first-order valence-corrected chi connectivity index (χ1v) is 11.4. The summed E-state index contributed by atoms with van der Waals surface area (Å²) >= 11 is 0. The molecule has 2 aliphatic rings. The number of amides is 3. The maximum Gasteiger partial charge on any atom is 0.261 e. The van der Waals surface area contributed by atoms with Crippen LogP contribution in [0.25, 0.3) is 0 Å². The van der Waals surface area contributed by atoms with E-state index >= 15 is 0 Å². The average molecular weight is 443 g/mol. The Labute approximate surface area is 192 Å². The summed E-state index contributed by atoms with van der Waals surface area (Å²) in [5, 5.41) is 2.88. The number of benzene rings is 2. The van der Waals surface area contributed by atoms with Crippen molar-refractivity contribution in [1.82, 2.24) is 14.5 Å². The summed E-state index contributed by atoms with van der Waals surface area (Å²) in [6.45, 7) is 2.66. The number of nitrogens with zero attached hydrogens (tertiary/aromatic N) is 3. The molecule has 3 amide bonds. The van der Waals surface area contributed by atoms with Crippen molar-refractivity contribution in [3.8, 4) is 0 Å². The molecule has 1 N–H and O–H groups in total. The number of aryl methyl sites for hydroxylation is 1. The number of imide groups is 1. The van der Waals surface area contributed by atoms with Crippen molar-refractivity contribution in [2.24, 2.45) is 0 Å². The third-order valence-electron chi connectivity index (χ3n) is 6.61. The first kappa shape index (κ1) is 21.1. The summed E-state index contributed by atoms with van der Waals surface area (Å²) in [5.41, 5.74) is 2.83. The molecule has 5 rings (SSSR count). The third-order valence-corrected chi connectivity index (χ3v) is 6.61. The van der Waals surface area contributed by atoms with E-state index in [0.717, 1.165) is 43.5 Å². The summed E-state index contributed by atoms with van der Waals surface area (Å²) in [6.07, 6.45) is 8.63. The maximum atomic E-state index is 13.0. The molecular weight excluding hydrogens is 416 g/mol. The van der Waals surface area contributed by atoms with Gasteiger partial charge >= 0.3 is 0 Å². The highest BCUT2D eigenvalue weighted by atomic mass is 16.2. The molecule has 168 valence electrons. The second-order valence-electron chi connectivity index (χ2n) is 8.79. The lowest BCUT2D eigenvalue weighted by Crippen LogP contribution is -2.40. The second kappa shape index (κ2) is 8.65. The van der Waals surface area contributed by atoms with Crippen LogP contribution in [-0.2, 0) is 6.54 Å². The number of carbonyl (C=O) groups excluding carboxylic acids is 3. The quantitative estimate of drug-likeness (QED) is 0.593. The lowest BCUT2D eigenvalue weighted by atomic mass is 9.94. The van der Waals surface area contributed by atoms with Crippen LogP contribution >= 0.6 is 0 Å². The fourth-order valence-corrected chi connectivity index (χ4v) is 4.74. The van der Waals surface area contributed by atoms with E-state index in [1.165, 1.54) is 4.90 Å². The molecule has 7 nitrogen and oxygen atoms in total. The number of nitrogens with one attached hydrogen (secondary N) is 1. The number of aromatic nitrogens is 2. The topological polar surface area (TPSA) is 84.3 Å². The zero-order valence-corrected chi connectivity index (χ0v) is 18.6. The van der Waals surface area contributed by atoms with E-state index in [1.54, 1.807) is 24.4 Å². The number of carbonyl (C=O) groups is 3. The molecule has 1 saturated carbocycles. The minimum absolute atomic E-state index is 0.0342. The molecule has 1 fully saturated rings. The number of fused-ring (bicyclic) bond motifs is 1. The van der Waals surface area contributed by atoms with Gasteiger partial charge < -0.3 is 9.88 Å². The Morgan fingerprint density at radius 1 is 1.00 bits per heavy atom. The minimum atomic E-state index is -0.313. The van der Waals surface area contributed by atoms with Crippen LogP contribution in [0.1, 0.15) is 74.6 Å². The summed E-state index contributed by atoms with van der Waals surface area (Å²) in [7, 11) is 0. The van der Waals surface area contributed by atoms with Gasteiger partial charge in [-0.1, -0.05) is 31.4 Å². The van der Waals surface area contributed by atoms with Gasteiger partial charge in [0.1, 0.15) is 5.82 Å². The normalized spacial score (nSPS) is 16.2. The molecule has 0 atom stereocenters. The van der Waals surface area contributed by atoms with Gasteiger partial charge in [-0.2, -0.15) is 0 Å². The number of rotatable bonds is 5. The van der Waals surface area contributed by atoms with Crippen LogP contribution in [-0.4, -0.2) is 38.2 Å². The molecular formula is C26H26N4O3. The van der Waals surface area contributed by atoms with E-state index in [1.807, 2.05) is 42.0 Å². The van der Waals surface area contributed by atoms with Gasteiger partial charge in [0.25, 0.3) is 17.7 Å². The Kier molecular flexibility index (Phi) is 5.54. The van der Waals surface area contributed by atoms with Gasteiger partial charge in [-0.05, 0) is 55.7 Å². The first-order chi connectivity index (χ1) is 16.0. The van der Waals surface area contributed by atoms with Gasteiger partial charge in [0.15, 0.2) is 0 Å². The van der Waals surface area contributed by atoms with E-state index in [0.29, 0.717) is 28.9 Å². The number of imidazole rings is 1. The Morgan fingerprint density at radius 3 is 2.42 bits per heavy atom. The lowest BCUT2D eigenvalue weighted by Gasteiger charge is -2.29. The molecule has 7 heteroatoms. The molecule has 3 aromatic rings. The van der Waals surface area contributed by atoms with Crippen molar-refractivity contribution in [2.45, 2.75) is 51.6 Å². The molecule has 2 aromatic carbocycles. The second-order valence-corrected chi connectivity index (χ2v) is 8.79. The molecule has 0 saturated heterocycles. The monoisotopic (exact) mass is 442 g/mol. The van der Waals surface area contributed by atoms with E-state index in [2.05, 4.69) is 10.3 Å². The SMILES string of the molecule is Cc1nccn1Cc1ccc(NC(=O)c2ccc3c(c2)C(=O)N(C2CCCCC2)C3=O)cc1. The van der Waals surface area contributed by atoms with Crippen molar-refractivity contribution in [1.29, 1.82) is 0 Å². The molecule has 1 aromatic heterocycles. The lowest BCUT2D eigenvalue weighted by molar-refractivity contribution is 0.0549. The van der Waals surface area contributed by atoms with Gasteiger partial charge in [-0.25, -0.2) is 4.98 Å². The van der Waals surface area contributed by atoms with Crippen LogP contribution in [0.15, 0.2) is 54.9 Å². The van der Waals surface area contributed by atoms with E-state index in [4.69, 9.17) is 0 Å². The van der Waals surface area contributed by atoms with Gasteiger partial charge in [0.2, 0.25) is 0 Å². The highest BCUT2D eigenvalue weighted by molar-refractivity contribution is 6.22. The summed E-state index contributed by atoms with van der Waals surface area (Å²) in [6, 6.07) is 12.4. The molecule has 1 aliphatic heterocycles. The third kappa shape index (κ3) is 4.06. The zero-order chi connectivity index (χ0) is 22.9. The van der Waals surface area contributed by atoms with Crippen LogP contribution in [0.5, 0.6) is 0 Å². The van der Waals surface area contributed by atoms with Crippen LogP contribution in [0.2, 0.25) is 0 Å². The standard InChI is InChI=1S/C26H26N4O3/c1-17-27-13-14-29(17)16-18-7-10-20(11-8-18)28-24(31)19-9-12-22-23(15-19)26(33)30(25(22)32)21-5-3-2-4-6-21/h7-15,21H,2-6,16H2,1H3,(H,28,31). The fourth-order valence-electron chi connectivity index (χ4n) is 4.74. The van der Waals surface area contributed by atoms with Crippen molar-refractivity contribution in [2.75, 3.05) is 5.32 Å². The summed E-state index contributed by atoms with van der Waals surface area (Å²) in [4.78, 5) is 44.3. The molecule has 0 radical (unpaired) electrons. The van der Waals surface area contributed by atoms with Crippen molar-refractivity contribution >= 4 is 23.4 Å². The smallest absolute Gasteiger partial charge is 0.261 e. The van der Waals surface area contributed by atoms with Gasteiger partial charge in [-0.3, -0.25) is 19.3 Å². The first-order valence-electron chi connectivity index (χ1n) is 11.4. The predicted octanol–water partition coefficient (Wildman–Crippen LogP) is 4.42. The highest BCUT2D eigenvalue weighted by Crippen LogP contribution is 2.31. The van der Waals surface area contributed by atoms with Crippen LogP contribution < -0.4 is 5.32 Å². The Bertz CT molecular complexity index is 1220. The van der Waals surface area contributed by atoms with Crippen LogP contribution in [0.4, 0.5) is 5.69 Å². The number of anilines is 1. The van der Waals surface area contributed by atoms with E-state index in [-0.39, 0.29) is 23.8 Å². The Balaban J connectivity index is 1.29. The van der Waals surface area contributed by atoms with Crippen LogP contribution in [0.3, 0.4) is 0 Å². The van der Waals surface area contributed by atoms with E-state index < -0.39 is 0 Å². The van der Waals surface area contributed by atoms with E-state index in [9.17, 15) is 14.4 Å². The number of hydrogen-bond donors (Lipinski definition) is 1. The largest absolute Gasteiger partial charge is 0.331 e.